The monoisotopic (exact) mass is 332 g/mol. The minimum absolute atomic E-state index is 0.233. The molecule has 0 heterocycles. The van der Waals surface area contributed by atoms with Crippen molar-refractivity contribution < 1.29 is 14.3 Å². The van der Waals surface area contributed by atoms with Gasteiger partial charge in [0.2, 0.25) is 6.10 Å². The van der Waals surface area contributed by atoms with Crippen LogP contribution in [0.1, 0.15) is 25.0 Å². The van der Waals surface area contributed by atoms with Gasteiger partial charge in [-0.25, -0.2) is 4.79 Å². The molecule has 0 radical (unpaired) electrons. The Kier molecular flexibility index (Phi) is 7.16. The van der Waals surface area contributed by atoms with Crippen LogP contribution in [-0.2, 0) is 9.47 Å². The molecule has 3 nitrogen and oxygen atoms in total. The third-order valence-corrected chi connectivity index (χ3v) is 2.99. The number of ether oxygens (including phenoxy) is 2. The van der Waals surface area contributed by atoms with Crippen molar-refractivity contribution in [3.8, 4) is 23.7 Å². The van der Waals surface area contributed by atoms with Gasteiger partial charge in [-0.1, -0.05) is 62.1 Å². The van der Waals surface area contributed by atoms with E-state index in [9.17, 15) is 4.79 Å². The largest absolute Gasteiger partial charge is 0.510 e. The highest BCUT2D eigenvalue weighted by molar-refractivity contribution is 5.61. The van der Waals surface area contributed by atoms with Gasteiger partial charge in [-0.3, -0.25) is 0 Å². The molecule has 126 valence electrons. The Morgan fingerprint density at radius 2 is 1.36 bits per heavy atom. The zero-order chi connectivity index (χ0) is 17.9. The summed E-state index contributed by atoms with van der Waals surface area (Å²) in [6, 6.07) is 18.9. The van der Waals surface area contributed by atoms with Crippen molar-refractivity contribution in [3.05, 3.63) is 71.8 Å². The Labute approximate surface area is 149 Å². The molecule has 0 aliphatic carbocycles. The normalized spacial score (nSPS) is 9.60. The number of carbonyl (C=O) groups excluding carboxylic acids is 1. The molecule has 3 heteroatoms. The number of rotatable bonds is 3. The van der Waals surface area contributed by atoms with E-state index in [4.69, 9.17) is 9.47 Å². The molecule has 2 aromatic carbocycles. The van der Waals surface area contributed by atoms with Gasteiger partial charge in [0.25, 0.3) is 0 Å². The van der Waals surface area contributed by atoms with Crippen LogP contribution in [0.5, 0.6) is 0 Å². The second-order valence-corrected chi connectivity index (χ2v) is 5.72. The summed E-state index contributed by atoms with van der Waals surface area (Å²) in [5.41, 5.74) is 1.65. The first-order valence-electron chi connectivity index (χ1n) is 8.10. The van der Waals surface area contributed by atoms with Gasteiger partial charge >= 0.3 is 6.16 Å². The average molecular weight is 332 g/mol. The molecule has 0 atom stereocenters. The maximum atomic E-state index is 11.8. The molecule has 0 unspecified atom stereocenters. The average Bonchev–Trinajstić information content (AvgIpc) is 2.64. The van der Waals surface area contributed by atoms with Crippen molar-refractivity contribution in [2.75, 3.05) is 6.61 Å². The van der Waals surface area contributed by atoms with Crippen LogP contribution < -0.4 is 0 Å². The van der Waals surface area contributed by atoms with E-state index in [1.165, 1.54) is 0 Å². The highest BCUT2D eigenvalue weighted by atomic mass is 16.7. The van der Waals surface area contributed by atoms with E-state index in [2.05, 4.69) is 23.7 Å². The summed E-state index contributed by atoms with van der Waals surface area (Å²) in [5.74, 6) is 11.9. The zero-order valence-electron chi connectivity index (χ0n) is 14.4. The van der Waals surface area contributed by atoms with Gasteiger partial charge in [0.1, 0.15) is 0 Å². The summed E-state index contributed by atoms with van der Waals surface area (Å²) in [7, 11) is 0. The lowest BCUT2D eigenvalue weighted by Gasteiger charge is -2.09. The van der Waals surface area contributed by atoms with Crippen LogP contribution in [0.3, 0.4) is 0 Å². The number of hydrogen-bond donors (Lipinski definition) is 0. The Morgan fingerprint density at radius 1 is 0.880 bits per heavy atom. The molecular formula is C22H20O3. The van der Waals surface area contributed by atoms with Crippen LogP contribution in [0.2, 0.25) is 0 Å². The van der Waals surface area contributed by atoms with E-state index in [1.807, 2.05) is 74.5 Å². The molecular weight excluding hydrogens is 312 g/mol. The Morgan fingerprint density at radius 3 is 1.80 bits per heavy atom. The van der Waals surface area contributed by atoms with Crippen molar-refractivity contribution in [1.29, 1.82) is 0 Å². The van der Waals surface area contributed by atoms with Gasteiger partial charge in [-0.05, 0) is 42.0 Å². The molecule has 0 fully saturated rings. The van der Waals surface area contributed by atoms with Gasteiger partial charge in [0, 0.05) is 11.1 Å². The third kappa shape index (κ3) is 7.29. The molecule has 0 aliphatic rings. The second kappa shape index (κ2) is 9.85. The van der Waals surface area contributed by atoms with Crippen LogP contribution in [0.25, 0.3) is 0 Å². The zero-order valence-corrected chi connectivity index (χ0v) is 14.4. The lowest BCUT2D eigenvalue weighted by Crippen LogP contribution is -2.18. The van der Waals surface area contributed by atoms with Gasteiger partial charge in [-0.15, -0.1) is 0 Å². The predicted octanol–water partition coefficient (Wildman–Crippen LogP) is 4.27. The SMILES string of the molecule is CC(C)COC(=O)OC(C#Cc1ccccc1)C#Cc1ccccc1. The standard InChI is InChI=1S/C22H20O3/c1-18(2)17-24-22(23)25-21(15-13-19-9-5-3-6-10-19)16-14-20-11-7-4-8-12-20/h3-12,18,21H,17H2,1-2H3. The molecule has 0 aromatic heterocycles. The molecule has 0 saturated heterocycles. The lowest BCUT2D eigenvalue weighted by atomic mass is 10.2. The van der Waals surface area contributed by atoms with E-state index >= 15 is 0 Å². The first-order chi connectivity index (χ1) is 12.1. The Balaban J connectivity index is 2.12. The molecule has 0 N–H and O–H groups in total. The van der Waals surface area contributed by atoms with Crippen LogP contribution in [0, 0.1) is 29.6 Å². The van der Waals surface area contributed by atoms with E-state index in [-0.39, 0.29) is 5.92 Å². The van der Waals surface area contributed by atoms with Gasteiger partial charge < -0.3 is 9.47 Å². The van der Waals surface area contributed by atoms with Crippen LogP contribution in [-0.4, -0.2) is 18.9 Å². The fourth-order valence-electron chi connectivity index (χ4n) is 1.80. The Bertz CT molecular complexity index is 730. The van der Waals surface area contributed by atoms with E-state index in [0.29, 0.717) is 6.61 Å². The first kappa shape index (κ1) is 18.2. The third-order valence-electron chi connectivity index (χ3n) is 2.99. The summed E-state index contributed by atoms with van der Waals surface area (Å²) in [6.45, 7) is 4.20. The van der Waals surface area contributed by atoms with E-state index in [1.54, 1.807) is 0 Å². The van der Waals surface area contributed by atoms with Crippen molar-refractivity contribution in [1.82, 2.24) is 0 Å². The molecule has 0 bridgehead atoms. The van der Waals surface area contributed by atoms with E-state index < -0.39 is 12.3 Å². The molecule has 0 amide bonds. The van der Waals surface area contributed by atoms with Gasteiger partial charge in [0.05, 0.1) is 6.61 Å². The quantitative estimate of drug-likeness (QED) is 0.622. The second-order valence-electron chi connectivity index (χ2n) is 5.72. The Hall–Kier alpha value is -3.17. The summed E-state index contributed by atoms with van der Waals surface area (Å²) in [4.78, 5) is 11.8. The summed E-state index contributed by atoms with van der Waals surface area (Å²) in [5, 5.41) is 0. The molecule has 25 heavy (non-hydrogen) atoms. The minimum Gasteiger partial charge on any atom is -0.434 e. The number of carbonyl (C=O) groups is 1. The molecule has 2 rings (SSSR count). The van der Waals surface area contributed by atoms with Crippen LogP contribution >= 0.6 is 0 Å². The summed E-state index contributed by atoms with van der Waals surface area (Å²) < 4.78 is 10.3. The van der Waals surface area contributed by atoms with Crippen LogP contribution in [0.4, 0.5) is 4.79 Å². The predicted molar refractivity (Wildman–Crippen MR) is 97.7 cm³/mol. The maximum Gasteiger partial charge on any atom is 0.510 e. The van der Waals surface area contributed by atoms with Crippen molar-refractivity contribution in [2.45, 2.75) is 20.0 Å². The van der Waals surface area contributed by atoms with Crippen molar-refractivity contribution in [2.24, 2.45) is 5.92 Å². The summed E-state index contributed by atoms with van der Waals surface area (Å²) >= 11 is 0. The molecule has 2 aromatic rings. The number of hydrogen-bond acceptors (Lipinski definition) is 3. The smallest absolute Gasteiger partial charge is 0.434 e. The molecule has 0 aliphatic heterocycles. The van der Waals surface area contributed by atoms with Crippen molar-refractivity contribution >= 4 is 6.16 Å². The molecule has 0 spiro atoms. The van der Waals surface area contributed by atoms with Crippen LogP contribution in [0.15, 0.2) is 60.7 Å². The van der Waals surface area contributed by atoms with Gasteiger partial charge in [0.15, 0.2) is 0 Å². The maximum absolute atomic E-state index is 11.8. The van der Waals surface area contributed by atoms with Gasteiger partial charge in [-0.2, -0.15) is 0 Å². The highest BCUT2D eigenvalue weighted by Gasteiger charge is 2.11. The molecule has 0 saturated carbocycles. The minimum atomic E-state index is -0.861. The first-order valence-corrected chi connectivity index (χ1v) is 8.10. The van der Waals surface area contributed by atoms with E-state index in [0.717, 1.165) is 11.1 Å². The fourth-order valence-corrected chi connectivity index (χ4v) is 1.80. The topological polar surface area (TPSA) is 35.5 Å². The van der Waals surface area contributed by atoms with Crippen molar-refractivity contribution in [3.63, 3.8) is 0 Å². The highest BCUT2D eigenvalue weighted by Crippen LogP contribution is 2.01. The number of benzene rings is 2. The summed E-state index contributed by atoms with van der Waals surface area (Å²) in [6.07, 6.45) is -1.62. The lowest BCUT2D eigenvalue weighted by molar-refractivity contribution is 0.0446. The fraction of sp³-hybridized carbons (Fsp3) is 0.227.